The second-order valence-corrected chi connectivity index (χ2v) is 8.15. The molecule has 0 fully saturated rings. The zero-order chi connectivity index (χ0) is 21.6. The van der Waals surface area contributed by atoms with E-state index in [2.05, 4.69) is 15.6 Å². The molecule has 0 aliphatic heterocycles. The molecule has 6 nitrogen and oxygen atoms in total. The number of halogens is 1. The number of nitrogens with one attached hydrogen (secondary N) is 2. The van der Waals surface area contributed by atoms with Crippen molar-refractivity contribution in [2.45, 2.75) is 51.9 Å². The van der Waals surface area contributed by atoms with Crippen LogP contribution < -0.4 is 22.1 Å². The topological polar surface area (TPSA) is 106 Å². The second kappa shape index (κ2) is 9.62. The highest BCUT2D eigenvalue weighted by molar-refractivity contribution is 6.02. The van der Waals surface area contributed by atoms with Gasteiger partial charge in [0.1, 0.15) is 5.82 Å². The first-order valence-corrected chi connectivity index (χ1v) is 9.54. The van der Waals surface area contributed by atoms with Gasteiger partial charge in [-0.15, -0.1) is 0 Å². The van der Waals surface area contributed by atoms with Gasteiger partial charge in [0, 0.05) is 17.1 Å². The SMILES string of the molecule is Cc1ccc(C(=O)/N=C(\NC(N)CC(N)c2ccc(F)cc2)NC(C)(C)C)cc1. The summed E-state index contributed by atoms with van der Waals surface area (Å²) in [5, 5.41) is 6.21. The average molecular weight is 400 g/mol. The van der Waals surface area contributed by atoms with Gasteiger partial charge in [-0.2, -0.15) is 4.99 Å². The molecule has 2 rings (SSSR count). The molecule has 0 saturated carbocycles. The summed E-state index contributed by atoms with van der Waals surface area (Å²) >= 11 is 0. The minimum absolute atomic E-state index is 0.280. The number of hydrogen-bond acceptors (Lipinski definition) is 3. The van der Waals surface area contributed by atoms with E-state index in [0.29, 0.717) is 12.0 Å². The summed E-state index contributed by atoms with van der Waals surface area (Å²) in [6.45, 7) is 7.82. The molecule has 0 aliphatic carbocycles. The zero-order valence-corrected chi connectivity index (χ0v) is 17.4. The largest absolute Gasteiger partial charge is 0.351 e. The standard InChI is InChI=1S/C22H30FN5O/c1-14-5-7-16(8-6-14)20(29)27-21(28-22(2,3)4)26-19(25)13-18(24)15-9-11-17(23)12-10-15/h5-12,18-19H,13,24-25H2,1-4H3,(H2,26,27,28,29). The van der Waals surface area contributed by atoms with E-state index in [4.69, 9.17) is 11.5 Å². The molecule has 156 valence electrons. The number of rotatable bonds is 5. The lowest BCUT2D eigenvalue weighted by atomic mass is 10.0. The fourth-order valence-electron chi connectivity index (χ4n) is 2.67. The summed E-state index contributed by atoms with van der Waals surface area (Å²) in [7, 11) is 0. The maximum atomic E-state index is 13.1. The number of nitrogens with zero attached hydrogens (tertiary/aromatic N) is 1. The molecule has 0 aliphatic rings. The molecule has 1 amide bonds. The Kier molecular flexibility index (Phi) is 7.47. The van der Waals surface area contributed by atoms with E-state index in [1.807, 2.05) is 39.8 Å². The summed E-state index contributed by atoms with van der Waals surface area (Å²) in [5.74, 6) is -0.414. The second-order valence-electron chi connectivity index (χ2n) is 8.15. The Morgan fingerprint density at radius 2 is 1.66 bits per heavy atom. The van der Waals surface area contributed by atoms with E-state index in [9.17, 15) is 9.18 Å². The van der Waals surface area contributed by atoms with Gasteiger partial charge in [-0.3, -0.25) is 4.79 Å². The highest BCUT2D eigenvalue weighted by Crippen LogP contribution is 2.15. The number of carbonyl (C=O) groups is 1. The van der Waals surface area contributed by atoms with E-state index < -0.39 is 6.17 Å². The van der Waals surface area contributed by atoms with Crippen molar-refractivity contribution in [1.82, 2.24) is 10.6 Å². The van der Waals surface area contributed by atoms with Crippen LogP contribution in [0.5, 0.6) is 0 Å². The molecule has 7 heteroatoms. The highest BCUT2D eigenvalue weighted by Gasteiger charge is 2.18. The van der Waals surface area contributed by atoms with E-state index >= 15 is 0 Å². The molecule has 0 bridgehead atoms. The van der Waals surface area contributed by atoms with Gasteiger partial charge in [-0.1, -0.05) is 29.8 Å². The third-order valence-electron chi connectivity index (χ3n) is 4.13. The quantitative estimate of drug-likeness (QED) is 0.351. The number of nitrogens with two attached hydrogens (primary N) is 2. The fourth-order valence-corrected chi connectivity index (χ4v) is 2.67. The molecular weight excluding hydrogens is 369 g/mol. The molecule has 0 saturated heterocycles. The molecule has 2 atom stereocenters. The van der Waals surface area contributed by atoms with Crippen molar-refractivity contribution < 1.29 is 9.18 Å². The molecular formula is C22H30FN5O. The first-order chi connectivity index (χ1) is 13.5. The zero-order valence-electron chi connectivity index (χ0n) is 17.4. The van der Waals surface area contributed by atoms with Crippen molar-refractivity contribution in [2.75, 3.05) is 0 Å². The Bertz CT molecular complexity index is 841. The summed E-state index contributed by atoms with van der Waals surface area (Å²) in [5.41, 5.74) is 14.4. The van der Waals surface area contributed by atoms with E-state index in [-0.39, 0.29) is 29.3 Å². The van der Waals surface area contributed by atoms with Crippen molar-refractivity contribution in [3.05, 3.63) is 71.0 Å². The first-order valence-electron chi connectivity index (χ1n) is 9.54. The Balaban J connectivity index is 2.11. The van der Waals surface area contributed by atoms with Crippen LogP contribution in [0.3, 0.4) is 0 Å². The van der Waals surface area contributed by atoms with Gasteiger partial charge >= 0.3 is 0 Å². The minimum atomic E-state index is -0.561. The van der Waals surface area contributed by atoms with Gasteiger partial charge in [0.15, 0.2) is 0 Å². The summed E-state index contributed by atoms with van der Waals surface area (Å²) < 4.78 is 13.1. The lowest BCUT2D eigenvalue weighted by molar-refractivity contribution is 0.100. The van der Waals surface area contributed by atoms with Crippen molar-refractivity contribution in [1.29, 1.82) is 0 Å². The van der Waals surface area contributed by atoms with Crippen LogP contribution >= 0.6 is 0 Å². The van der Waals surface area contributed by atoms with Crippen LogP contribution in [0.15, 0.2) is 53.5 Å². The van der Waals surface area contributed by atoms with Crippen molar-refractivity contribution in [3.63, 3.8) is 0 Å². The minimum Gasteiger partial charge on any atom is -0.351 e. The van der Waals surface area contributed by atoms with Gasteiger partial charge in [-0.05, 0) is 63.9 Å². The van der Waals surface area contributed by atoms with Crippen LogP contribution in [0.1, 0.15) is 54.7 Å². The van der Waals surface area contributed by atoms with E-state index in [1.165, 1.54) is 12.1 Å². The Morgan fingerprint density at radius 3 is 2.21 bits per heavy atom. The van der Waals surface area contributed by atoms with Crippen molar-refractivity contribution in [3.8, 4) is 0 Å². The van der Waals surface area contributed by atoms with Crippen molar-refractivity contribution in [2.24, 2.45) is 16.5 Å². The predicted molar refractivity (Wildman–Crippen MR) is 115 cm³/mol. The Morgan fingerprint density at radius 1 is 1.07 bits per heavy atom. The molecule has 0 spiro atoms. The van der Waals surface area contributed by atoms with Crippen LogP contribution in [-0.4, -0.2) is 23.6 Å². The number of benzene rings is 2. The molecule has 0 heterocycles. The summed E-state index contributed by atoms with van der Waals surface area (Å²) in [6, 6.07) is 12.8. The van der Waals surface area contributed by atoms with E-state index in [1.54, 1.807) is 24.3 Å². The average Bonchev–Trinajstić information content (AvgIpc) is 2.61. The number of amides is 1. The lowest BCUT2D eigenvalue weighted by Gasteiger charge is -2.27. The third kappa shape index (κ3) is 7.63. The number of aryl methyl sites for hydroxylation is 1. The summed E-state index contributed by atoms with van der Waals surface area (Å²) in [4.78, 5) is 16.7. The van der Waals surface area contributed by atoms with Crippen LogP contribution in [0, 0.1) is 12.7 Å². The molecule has 2 aromatic rings. The smallest absolute Gasteiger partial charge is 0.280 e. The first kappa shape index (κ1) is 22.5. The Hall–Kier alpha value is -2.77. The molecule has 2 unspecified atom stereocenters. The molecule has 6 N–H and O–H groups in total. The fraction of sp³-hybridized carbons (Fsp3) is 0.364. The number of carbonyl (C=O) groups excluding carboxylic acids is 1. The lowest BCUT2D eigenvalue weighted by Crippen LogP contribution is -2.54. The molecule has 2 aromatic carbocycles. The highest BCUT2D eigenvalue weighted by atomic mass is 19.1. The van der Waals surface area contributed by atoms with Gasteiger partial charge in [0.2, 0.25) is 5.96 Å². The third-order valence-corrected chi connectivity index (χ3v) is 4.13. The Labute approximate surface area is 171 Å². The maximum Gasteiger partial charge on any atom is 0.280 e. The van der Waals surface area contributed by atoms with Crippen LogP contribution in [0.2, 0.25) is 0 Å². The van der Waals surface area contributed by atoms with Gasteiger partial charge in [-0.25, -0.2) is 4.39 Å². The van der Waals surface area contributed by atoms with Crippen LogP contribution in [0.25, 0.3) is 0 Å². The molecule has 0 aromatic heterocycles. The number of guanidine groups is 1. The van der Waals surface area contributed by atoms with E-state index in [0.717, 1.165) is 11.1 Å². The number of hydrogen-bond donors (Lipinski definition) is 4. The normalized spacial score (nSPS) is 14.2. The molecule has 29 heavy (non-hydrogen) atoms. The van der Waals surface area contributed by atoms with Gasteiger partial charge in [0.25, 0.3) is 5.91 Å². The van der Waals surface area contributed by atoms with Crippen molar-refractivity contribution >= 4 is 11.9 Å². The maximum absolute atomic E-state index is 13.1. The predicted octanol–water partition coefficient (Wildman–Crippen LogP) is 2.98. The van der Waals surface area contributed by atoms with Crippen LogP contribution in [0.4, 0.5) is 4.39 Å². The molecule has 0 radical (unpaired) electrons. The van der Waals surface area contributed by atoms with Crippen LogP contribution in [-0.2, 0) is 0 Å². The monoisotopic (exact) mass is 399 g/mol. The van der Waals surface area contributed by atoms with Gasteiger partial charge in [0.05, 0.1) is 6.17 Å². The van der Waals surface area contributed by atoms with Gasteiger partial charge < -0.3 is 22.1 Å². The summed E-state index contributed by atoms with van der Waals surface area (Å²) in [6.07, 6.45) is -0.190. The number of aliphatic imine (C=N–C) groups is 1.